The maximum Gasteiger partial charge on any atom is 0.137 e. The molecule has 0 fully saturated rings. The van der Waals surface area contributed by atoms with Gasteiger partial charge in [0.1, 0.15) is 17.4 Å². The highest BCUT2D eigenvalue weighted by molar-refractivity contribution is 5.29. The van der Waals surface area contributed by atoms with Crippen LogP contribution in [0.15, 0.2) is 24.3 Å². The van der Waals surface area contributed by atoms with E-state index in [2.05, 4.69) is 14.8 Å². The van der Waals surface area contributed by atoms with Crippen molar-refractivity contribution in [2.24, 2.45) is 11.7 Å². The van der Waals surface area contributed by atoms with Gasteiger partial charge in [-0.2, -0.15) is 0 Å². The molecule has 0 spiro atoms. The molecule has 0 radical (unpaired) electrons. The monoisotopic (exact) mass is 258 g/mol. The largest absolute Gasteiger partial charge is 0.508 e. The molecule has 5 nitrogen and oxygen atoms in total. The Morgan fingerprint density at radius 1 is 1.37 bits per heavy atom. The van der Waals surface area contributed by atoms with Crippen LogP contribution in [-0.2, 0) is 19.4 Å². The zero-order chi connectivity index (χ0) is 13.2. The molecule has 1 aromatic heterocycles. The van der Waals surface area contributed by atoms with Crippen LogP contribution >= 0.6 is 0 Å². The normalized spacial score (nSPS) is 18.3. The number of rotatable bonds is 3. The van der Waals surface area contributed by atoms with E-state index < -0.39 is 0 Å². The third-order valence-corrected chi connectivity index (χ3v) is 3.73. The van der Waals surface area contributed by atoms with E-state index >= 15 is 0 Å². The SMILES string of the molecule is NCC1CCc2nnc(Cc3cccc(O)c3)n2C1. The molecule has 1 aliphatic heterocycles. The molecule has 0 bridgehead atoms. The molecule has 0 saturated carbocycles. The van der Waals surface area contributed by atoms with Crippen molar-refractivity contribution in [3.63, 3.8) is 0 Å². The predicted octanol–water partition coefficient (Wildman–Crippen LogP) is 1.10. The Labute approximate surface area is 112 Å². The van der Waals surface area contributed by atoms with Crippen LogP contribution in [0.2, 0.25) is 0 Å². The van der Waals surface area contributed by atoms with Gasteiger partial charge in [-0.15, -0.1) is 10.2 Å². The minimum Gasteiger partial charge on any atom is -0.508 e. The van der Waals surface area contributed by atoms with Gasteiger partial charge in [-0.05, 0) is 36.6 Å². The minimum atomic E-state index is 0.288. The van der Waals surface area contributed by atoms with Crippen LogP contribution in [0, 0.1) is 5.92 Å². The van der Waals surface area contributed by atoms with Gasteiger partial charge < -0.3 is 15.4 Å². The van der Waals surface area contributed by atoms with Crippen LogP contribution in [-0.4, -0.2) is 26.4 Å². The highest BCUT2D eigenvalue weighted by Crippen LogP contribution is 2.21. The molecular formula is C14H18N4O. The van der Waals surface area contributed by atoms with E-state index in [1.165, 1.54) is 0 Å². The lowest BCUT2D eigenvalue weighted by molar-refractivity contribution is 0.368. The van der Waals surface area contributed by atoms with Crippen LogP contribution in [0.25, 0.3) is 0 Å². The Kier molecular flexibility index (Phi) is 3.21. The lowest BCUT2D eigenvalue weighted by Crippen LogP contribution is -2.27. The molecule has 2 heterocycles. The number of hydrogen-bond acceptors (Lipinski definition) is 4. The van der Waals surface area contributed by atoms with E-state index in [0.29, 0.717) is 18.9 Å². The van der Waals surface area contributed by atoms with Gasteiger partial charge >= 0.3 is 0 Å². The van der Waals surface area contributed by atoms with Crippen LogP contribution in [0.4, 0.5) is 0 Å². The van der Waals surface area contributed by atoms with Crippen molar-refractivity contribution in [3.8, 4) is 5.75 Å². The third kappa shape index (κ3) is 2.46. The Bertz CT molecular complexity index is 579. The smallest absolute Gasteiger partial charge is 0.137 e. The molecule has 100 valence electrons. The molecule has 3 N–H and O–H groups in total. The van der Waals surface area contributed by atoms with Crippen molar-refractivity contribution < 1.29 is 5.11 Å². The first kappa shape index (κ1) is 12.2. The van der Waals surface area contributed by atoms with Gasteiger partial charge in [0.05, 0.1) is 0 Å². The summed E-state index contributed by atoms with van der Waals surface area (Å²) in [6, 6.07) is 7.28. The fraction of sp³-hybridized carbons (Fsp3) is 0.429. The van der Waals surface area contributed by atoms with E-state index in [0.717, 1.165) is 36.6 Å². The second-order valence-corrected chi connectivity index (χ2v) is 5.13. The van der Waals surface area contributed by atoms with E-state index in [-0.39, 0.29) is 5.75 Å². The van der Waals surface area contributed by atoms with E-state index in [1.54, 1.807) is 12.1 Å². The molecule has 1 aliphatic rings. The summed E-state index contributed by atoms with van der Waals surface area (Å²) < 4.78 is 2.19. The number of fused-ring (bicyclic) bond motifs is 1. The second kappa shape index (κ2) is 5.01. The molecule has 2 aromatic rings. The van der Waals surface area contributed by atoms with Crippen molar-refractivity contribution in [1.29, 1.82) is 0 Å². The van der Waals surface area contributed by atoms with Gasteiger partial charge in [-0.3, -0.25) is 0 Å². The fourth-order valence-corrected chi connectivity index (χ4v) is 2.62. The summed E-state index contributed by atoms with van der Waals surface area (Å²) in [7, 11) is 0. The molecular weight excluding hydrogens is 240 g/mol. The number of aryl methyl sites for hydroxylation is 1. The number of nitrogens with two attached hydrogens (primary N) is 1. The van der Waals surface area contributed by atoms with Crippen molar-refractivity contribution in [2.75, 3.05) is 6.54 Å². The van der Waals surface area contributed by atoms with Crippen LogP contribution < -0.4 is 5.73 Å². The van der Waals surface area contributed by atoms with Gasteiger partial charge in [0.2, 0.25) is 0 Å². The summed E-state index contributed by atoms with van der Waals surface area (Å²) in [6.45, 7) is 1.62. The third-order valence-electron chi connectivity index (χ3n) is 3.73. The number of nitrogens with zero attached hydrogens (tertiary/aromatic N) is 3. The number of benzene rings is 1. The maximum absolute atomic E-state index is 9.50. The van der Waals surface area contributed by atoms with Crippen LogP contribution in [0.1, 0.15) is 23.6 Å². The van der Waals surface area contributed by atoms with Crippen LogP contribution in [0.3, 0.4) is 0 Å². The summed E-state index contributed by atoms with van der Waals surface area (Å²) in [6.07, 6.45) is 2.74. The van der Waals surface area contributed by atoms with Crippen molar-refractivity contribution in [3.05, 3.63) is 41.5 Å². The standard InChI is InChI=1S/C14H18N4O/c15-8-11-4-5-13-16-17-14(18(13)9-11)7-10-2-1-3-12(19)6-10/h1-3,6,11,19H,4-5,7-9,15H2. The number of aromatic hydroxyl groups is 1. The van der Waals surface area contributed by atoms with E-state index in [4.69, 9.17) is 5.73 Å². The summed E-state index contributed by atoms with van der Waals surface area (Å²) in [5.41, 5.74) is 6.81. The van der Waals surface area contributed by atoms with Gasteiger partial charge in [-0.1, -0.05) is 12.1 Å². The number of phenolic OH excluding ortho intramolecular Hbond substituents is 1. The Hall–Kier alpha value is -1.88. The van der Waals surface area contributed by atoms with Gasteiger partial charge in [0.25, 0.3) is 0 Å². The van der Waals surface area contributed by atoms with Crippen LogP contribution in [0.5, 0.6) is 5.75 Å². The molecule has 0 aliphatic carbocycles. The zero-order valence-electron chi connectivity index (χ0n) is 10.8. The molecule has 0 amide bonds. The van der Waals surface area contributed by atoms with Gasteiger partial charge in [0, 0.05) is 19.4 Å². The zero-order valence-corrected chi connectivity index (χ0v) is 10.8. The number of aromatic nitrogens is 3. The number of phenols is 1. The first-order valence-corrected chi connectivity index (χ1v) is 6.65. The Balaban J connectivity index is 1.85. The highest BCUT2D eigenvalue weighted by atomic mass is 16.3. The first-order valence-electron chi connectivity index (χ1n) is 6.65. The number of hydrogen-bond donors (Lipinski definition) is 2. The molecule has 3 rings (SSSR count). The molecule has 19 heavy (non-hydrogen) atoms. The minimum absolute atomic E-state index is 0.288. The lowest BCUT2D eigenvalue weighted by atomic mass is 9.99. The average molecular weight is 258 g/mol. The highest BCUT2D eigenvalue weighted by Gasteiger charge is 2.21. The van der Waals surface area contributed by atoms with Gasteiger partial charge in [-0.25, -0.2) is 0 Å². The summed E-state index contributed by atoms with van der Waals surface area (Å²) >= 11 is 0. The molecule has 1 aromatic carbocycles. The summed E-state index contributed by atoms with van der Waals surface area (Å²) in [4.78, 5) is 0. The van der Waals surface area contributed by atoms with Gasteiger partial charge in [0.15, 0.2) is 0 Å². The van der Waals surface area contributed by atoms with Crippen molar-refractivity contribution in [1.82, 2.24) is 14.8 Å². The predicted molar refractivity (Wildman–Crippen MR) is 71.8 cm³/mol. The molecule has 1 unspecified atom stereocenters. The van der Waals surface area contributed by atoms with Crippen molar-refractivity contribution >= 4 is 0 Å². The lowest BCUT2D eigenvalue weighted by Gasteiger charge is -2.22. The van der Waals surface area contributed by atoms with E-state index in [1.807, 2.05) is 12.1 Å². The molecule has 5 heteroatoms. The fourth-order valence-electron chi connectivity index (χ4n) is 2.62. The average Bonchev–Trinajstić information content (AvgIpc) is 2.81. The summed E-state index contributed by atoms with van der Waals surface area (Å²) in [5.74, 6) is 2.82. The molecule has 1 atom stereocenters. The molecule has 0 saturated heterocycles. The second-order valence-electron chi connectivity index (χ2n) is 5.13. The maximum atomic E-state index is 9.50. The Morgan fingerprint density at radius 3 is 3.05 bits per heavy atom. The quantitative estimate of drug-likeness (QED) is 0.864. The topological polar surface area (TPSA) is 77.0 Å². The first-order chi connectivity index (χ1) is 9.26. The van der Waals surface area contributed by atoms with Crippen molar-refractivity contribution in [2.45, 2.75) is 25.8 Å². The van der Waals surface area contributed by atoms with E-state index in [9.17, 15) is 5.11 Å². The Morgan fingerprint density at radius 2 is 2.26 bits per heavy atom. The summed E-state index contributed by atoms with van der Waals surface area (Å²) in [5, 5.41) is 18.0.